The maximum atomic E-state index is 13.4. The molecule has 23 heavy (non-hydrogen) atoms. The molecular weight excluding hydrogens is 293 g/mol. The van der Waals surface area contributed by atoms with Crippen molar-refractivity contribution in [2.45, 2.75) is 33.8 Å². The maximum Gasteiger partial charge on any atom is 0.221 e. The Morgan fingerprint density at radius 2 is 1.87 bits per heavy atom. The Balaban J connectivity index is 2.04. The number of amides is 1. The molecule has 0 heterocycles. The second kappa shape index (κ2) is 7.77. The van der Waals surface area contributed by atoms with E-state index < -0.39 is 0 Å². The highest BCUT2D eigenvalue weighted by Gasteiger charge is 2.08. The van der Waals surface area contributed by atoms with Crippen molar-refractivity contribution in [3.8, 4) is 5.75 Å². The van der Waals surface area contributed by atoms with Gasteiger partial charge in [-0.1, -0.05) is 26.0 Å². The molecule has 3 nitrogen and oxygen atoms in total. The SMILES string of the molecule is CC(=O)Nc1ccc(COc2ccc(F)cc2CC(C)C)cc1. The maximum absolute atomic E-state index is 13.4. The molecule has 4 heteroatoms. The van der Waals surface area contributed by atoms with Gasteiger partial charge in [0, 0.05) is 12.6 Å². The van der Waals surface area contributed by atoms with Crippen molar-refractivity contribution in [2.75, 3.05) is 5.32 Å². The molecule has 0 aliphatic rings. The molecule has 0 aromatic heterocycles. The van der Waals surface area contributed by atoms with Gasteiger partial charge in [0.05, 0.1) is 0 Å². The summed E-state index contributed by atoms with van der Waals surface area (Å²) in [6.45, 7) is 6.06. The molecule has 0 aliphatic carbocycles. The fraction of sp³-hybridized carbons (Fsp3) is 0.316. The van der Waals surface area contributed by atoms with Crippen LogP contribution in [0.4, 0.5) is 10.1 Å². The van der Waals surface area contributed by atoms with Gasteiger partial charge in [0.25, 0.3) is 0 Å². The van der Waals surface area contributed by atoms with Crippen molar-refractivity contribution >= 4 is 11.6 Å². The highest BCUT2D eigenvalue weighted by atomic mass is 19.1. The van der Waals surface area contributed by atoms with Crippen molar-refractivity contribution in [2.24, 2.45) is 5.92 Å². The minimum Gasteiger partial charge on any atom is -0.489 e. The predicted molar refractivity (Wildman–Crippen MR) is 90.0 cm³/mol. The molecule has 0 aliphatic heterocycles. The fourth-order valence-electron chi connectivity index (χ4n) is 2.34. The van der Waals surface area contributed by atoms with Crippen LogP contribution in [0.3, 0.4) is 0 Å². The van der Waals surface area contributed by atoms with Gasteiger partial charge in [-0.05, 0) is 53.8 Å². The van der Waals surface area contributed by atoms with E-state index in [1.165, 1.54) is 19.1 Å². The molecule has 2 aromatic rings. The van der Waals surface area contributed by atoms with Crippen LogP contribution in [0.2, 0.25) is 0 Å². The van der Waals surface area contributed by atoms with Crippen molar-refractivity contribution < 1.29 is 13.9 Å². The van der Waals surface area contributed by atoms with E-state index in [1.807, 2.05) is 24.3 Å². The normalized spacial score (nSPS) is 10.7. The van der Waals surface area contributed by atoms with Crippen molar-refractivity contribution in [1.82, 2.24) is 0 Å². The topological polar surface area (TPSA) is 38.3 Å². The summed E-state index contributed by atoms with van der Waals surface area (Å²) < 4.78 is 19.3. The number of nitrogens with one attached hydrogen (secondary N) is 1. The molecule has 2 rings (SSSR count). The van der Waals surface area contributed by atoms with Crippen LogP contribution in [0.25, 0.3) is 0 Å². The molecule has 0 fully saturated rings. The van der Waals surface area contributed by atoms with E-state index in [9.17, 15) is 9.18 Å². The third-order valence-corrected chi connectivity index (χ3v) is 3.32. The van der Waals surface area contributed by atoms with Crippen LogP contribution >= 0.6 is 0 Å². The van der Waals surface area contributed by atoms with E-state index in [1.54, 1.807) is 6.07 Å². The monoisotopic (exact) mass is 315 g/mol. The van der Waals surface area contributed by atoms with Crippen LogP contribution in [0.15, 0.2) is 42.5 Å². The average molecular weight is 315 g/mol. The minimum absolute atomic E-state index is 0.0985. The molecule has 0 saturated carbocycles. The predicted octanol–water partition coefficient (Wildman–Crippen LogP) is 4.56. The summed E-state index contributed by atoms with van der Waals surface area (Å²) in [6.07, 6.45) is 0.772. The van der Waals surface area contributed by atoms with Crippen LogP contribution in [-0.2, 0) is 17.8 Å². The number of hydrogen-bond donors (Lipinski definition) is 1. The lowest BCUT2D eigenvalue weighted by Gasteiger charge is -2.13. The number of anilines is 1. The lowest BCUT2D eigenvalue weighted by Crippen LogP contribution is -2.06. The number of carbonyl (C=O) groups excluding carboxylic acids is 1. The van der Waals surface area contributed by atoms with Gasteiger partial charge in [0.2, 0.25) is 5.91 Å². The molecule has 122 valence electrons. The molecule has 1 N–H and O–H groups in total. The molecule has 0 bridgehead atoms. The molecule has 0 saturated heterocycles. The second-order valence-corrected chi connectivity index (χ2v) is 6.02. The molecule has 0 radical (unpaired) electrons. The van der Waals surface area contributed by atoms with E-state index in [0.29, 0.717) is 18.3 Å². The first-order valence-corrected chi connectivity index (χ1v) is 7.72. The van der Waals surface area contributed by atoms with Gasteiger partial charge in [-0.2, -0.15) is 0 Å². The van der Waals surface area contributed by atoms with Crippen molar-refractivity contribution in [1.29, 1.82) is 0 Å². The largest absolute Gasteiger partial charge is 0.489 e. The summed E-state index contributed by atoms with van der Waals surface area (Å²) in [4.78, 5) is 11.0. The zero-order valence-corrected chi connectivity index (χ0v) is 13.7. The fourth-order valence-corrected chi connectivity index (χ4v) is 2.34. The number of hydrogen-bond acceptors (Lipinski definition) is 2. The Bertz CT molecular complexity index is 666. The summed E-state index contributed by atoms with van der Waals surface area (Å²) in [7, 11) is 0. The number of benzene rings is 2. The van der Waals surface area contributed by atoms with Gasteiger partial charge in [-0.25, -0.2) is 4.39 Å². The minimum atomic E-state index is -0.243. The van der Waals surface area contributed by atoms with E-state index in [2.05, 4.69) is 19.2 Å². The van der Waals surface area contributed by atoms with Gasteiger partial charge in [-0.3, -0.25) is 4.79 Å². The first-order chi connectivity index (χ1) is 10.9. The summed E-state index contributed by atoms with van der Waals surface area (Å²) in [5.74, 6) is 0.799. The molecule has 0 atom stereocenters. The van der Waals surface area contributed by atoms with E-state index in [4.69, 9.17) is 4.74 Å². The van der Waals surface area contributed by atoms with Gasteiger partial charge in [0.1, 0.15) is 18.2 Å². The zero-order valence-electron chi connectivity index (χ0n) is 13.7. The Kier molecular flexibility index (Phi) is 5.74. The van der Waals surface area contributed by atoms with Crippen molar-refractivity contribution in [3.63, 3.8) is 0 Å². The molecule has 1 amide bonds. The highest BCUT2D eigenvalue weighted by Crippen LogP contribution is 2.24. The lowest BCUT2D eigenvalue weighted by atomic mass is 10.0. The molecule has 0 spiro atoms. The number of halogens is 1. The molecule has 2 aromatic carbocycles. The molecule has 0 unspecified atom stereocenters. The summed E-state index contributed by atoms with van der Waals surface area (Å²) >= 11 is 0. The summed E-state index contributed by atoms with van der Waals surface area (Å²) in [5, 5.41) is 2.72. The standard InChI is InChI=1S/C19H22FNO2/c1-13(2)10-16-11-17(20)6-9-19(16)23-12-15-4-7-18(8-5-15)21-14(3)22/h4-9,11,13H,10,12H2,1-3H3,(H,21,22). The average Bonchev–Trinajstić information content (AvgIpc) is 2.47. The Hall–Kier alpha value is -2.36. The Morgan fingerprint density at radius 3 is 2.48 bits per heavy atom. The van der Waals surface area contributed by atoms with E-state index >= 15 is 0 Å². The number of rotatable bonds is 6. The van der Waals surface area contributed by atoms with Crippen LogP contribution in [0, 0.1) is 11.7 Å². The quantitative estimate of drug-likeness (QED) is 0.848. The van der Waals surface area contributed by atoms with Gasteiger partial charge >= 0.3 is 0 Å². The summed E-state index contributed by atoms with van der Waals surface area (Å²) in [5.41, 5.74) is 2.62. The van der Waals surface area contributed by atoms with Crippen LogP contribution in [0.5, 0.6) is 5.75 Å². The molecular formula is C19H22FNO2. The van der Waals surface area contributed by atoms with Crippen molar-refractivity contribution in [3.05, 3.63) is 59.4 Å². The number of carbonyl (C=O) groups is 1. The first-order valence-electron chi connectivity index (χ1n) is 7.72. The summed E-state index contributed by atoms with van der Waals surface area (Å²) in [6, 6.07) is 12.1. The third-order valence-electron chi connectivity index (χ3n) is 3.32. The van der Waals surface area contributed by atoms with Crippen LogP contribution in [-0.4, -0.2) is 5.91 Å². The third kappa shape index (κ3) is 5.40. The van der Waals surface area contributed by atoms with E-state index in [-0.39, 0.29) is 11.7 Å². The smallest absolute Gasteiger partial charge is 0.221 e. The zero-order chi connectivity index (χ0) is 16.8. The number of ether oxygens (including phenoxy) is 1. The Labute approximate surface area is 136 Å². The first kappa shape index (κ1) is 17.0. The van der Waals surface area contributed by atoms with Crippen LogP contribution in [0.1, 0.15) is 31.9 Å². The second-order valence-electron chi connectivity index (χ2n) is 6.02. The lowest BCUT2D eigenvalue weighted by molar-refractivity contribution is -0.114. The Morgan fingerprint density at radius 1 is 1.17 bits per heavy atom. The van der Waals surface area contributed by atoms with Gasteiger partial charge < -0.3 is 10.1 Å². The van der Waals surface area contributed by atoms with Gasteiger partial charge in [-0.15, -0.1) is 0 Å². The van der Waals surface area contributed by atoms with Gasteiger partial charge in [0.15, 0.2) is 0 Å². The highest BCUT2D eigenvalue weighted by molar-refractivity contribution is 5.88. The van der Waals surface area contributed by atoms with E-state index in [0.717, 1.165) is 23.2 Å². The van der Waals surface area contributed by atoms with Crippen LogP contribution < -0.4 is 10.1 Å².